The molecule has 2 aromatic heterocycles. The average molecular weight is 377 g/mol. The number of benzene rings is 1. The number of aromatic nitrogens is 2. The van der Waals surface area contributed by atoms with Gasteiger partial charge in [-0.15, -0.1) is 0 Å². The lowest BCUT2D eigenvalue weighted by Crippen LogP contribution is -2.22. The minimum Gasteiger partial charge on any atom is -0.463 e. The van der Waals surface area contributed by atoms with Crippen molar-refractivity contribution in [3.05, 3.63) is 64.7 Å². The van der Waals surface area contributed by atoms with Crippen LogP contribution in [-0.4, -0.2) is 28.5 Å². The molecule has 6 nitrogen and oxygen atoms in total. The second kappa shape index (κ2) is 7.53. The summed E-state index contributed by atoms with van der Waals surface area (Å²) in [5.41, 5.74) is 0.957. The van der Waals surface area contributed by atoms with Crippen LogP contribution in [0.15, 0.2) is 42.7 Å². The van der Waals surface area contributed by atoms with Gasteiger partial charge in [0, 0.05) is 23.3 Å². The van der Waals surface area contributed by atoms with Crippen LogP contribution in [0.3, 0.4) is 0 Å². The van der Waals surface area contributed by atoms with E-state index in [1.54, 1.807) is 19.2 Å². The number of rotatable bonds is 5. The summed E-state index contributed by atoms with van der Waals surface area (Å²) in [5.74, 6) is -2.16. The first-order chi connectivity index (χ1) is 12.5. The van der Waals surface area contributed by atoms with Crippen LogP contribution in [0.4, 0.5) is 4.39 Å². The van der Waals surface area contributed by atoms with E-state index in [0.29, 0.717) is 11.0 Å². The maximum absolute atomic E-state index is 13.4. The first-order valence-corrected chi connectivity index (χ1v) is 8.13. The fourth-order valence-electron chi connectivity index (χ4n) is 2.46. The number of fused-ring (bicyclic) bond motifs is 1. The highest BCUT2D eigenvalue weighted by Gasteiger charge is 2.28. The molecule has 0 saturated heterocycles. The second-order valence-corrected chi connectivity index (χ2v) is 5.72. The van der Waals surface area contributed by atoms with Gasteiger partial charge < -0.3 is 14.5 Å². The molecule has 0 fully saturated rings. The van der Waals surface area contributed by atoms with Crippen molar-refractivity contribution < 1.29 is 23.5 Å². The third-order valence-corrected chi connectivity index (χ3v) is 3.94. The van der Waals surface area contributed by atoms with Gasteiger partial charge in [-0.25, -0.2) is 19.0 Å². The van der Waals surface area contributed by atoms with Crippen LogP contribution in [0.5, 0.6) is 0 Å². The minimum absolute atomic E-state index is 0.0964. The zero-order valence-corrected chi connectivity index (χ0v) is 14.4. The summed E-state index contributed by atoms with van der Waals surface area (Å²) in [6.07, 6.45) is 1.71. The number of carbonyl (C=O) groups excluding carboxylic acids is 2. The van der Waals surface area contributed by atoms with E-state index in [1.165, 1.54) is 24.4 Å². The van der Waals surface area contributed by atoms with Crippen LogP contribution in [0, 0.1) is 5.82 Å². The number of H-pyrrole nitrogens is 1. The SMILES string of the molecule is CCOC(=O)C(OC(=O)c1ccnc2[nH]ccc12)c1ccc(F)c(Cl)c1. The number of halogens is 2. The van der Waals surface area contributed by atoms with Crippen molar-refractivity contribution >= 4 is 34.6 Å². The molecular formula is C18H14ClFN2O4. The molecule has 3 rings (SSSR count). The molecule has 0 amide bonds. The molecule has 134 valence electrons. The van der Waals surface area contributed by atoms with Crippen molar-refractivity contribution in [3.63, 3.8) is 0 Å². The average Bonchev–Trinajstić information content (AvgIpc) is 3.10. The van der Waals surface area contributed by atoms with Gasteiger partial charge in [-0.3, -0.25) is 0 Å². The molecule has 0 saturated carbocycles. The first kappa shape index (κ1) is 17.9. The van der Waals surface area contributed by atoms with E-state index in [0.717, 1.165) is 6.07 Å². The van der Waals surface area contributed by atoms with Crippen molar-refractivity contribution in [3.8, 4) is 0 Å². The Morgan fingerprint density at radius 2 is 2.12 bits per heavy atom. The van der Waals surface area contributed by atoms with Crippen LogP contribution in [-0.2, 0) is 14.3 Å². The Labute approximate surface area is 152 Å². The van der Waals surface area contributed by atoms with E-state index >= 15 is 0 Å². The number of aromatic amines is 1. The van der Waals surface area contributed by atoms with Gasteiger partial charge in [-0.1, -0.05) is 17.7 Å². The summed E-state index contributed by atoms with van der Waals surface area (Å²) in [5, 5.41) is 0.363. The van der Waals surface area contributed by atoms with Crippen molar-refractivity contribution in [2.45, 2.75) is 13.0 Å². The van der Waals surface area contributed by atoms with E-state index < -0.39 is 23.9 Å². The molecule has 1 aromatic carbocycles. The zero-order chi connectivity index (χ0) is 18.7. The van der Waals surface area contributed by atoms with Gasteiger partial charge in [0.25, 0.3) is 0 Å². The van der Waals surface area contributed by atoms with Crippen LogP contribution in [0.2, 0.25) is 5.02 Å². The van der Waals surface area contributed by atoms with Crippen molar-refractivity contribution in [2.75, 3.05) is 6.61 Å². The molecule has 8 heteroatoms. The number of hydrogen-bond donors (Lipinski definition) is 1. The predicted molar refractivity (Wildman–Crippen MR) is 92.3 cm³/mol. The Hall–Kier alpha value is -2.93. The van der Waals surface area contributed by atoms with Crippen molar-refractivity contribution in [1.29, 1.82) is 0 Å². The van der Waals surface area contributed by atoms with Gasteiger partial charge in [0.2, 0.25) is 6.10 Å². The Morgan fingerprint density at radius 3 is 2.85 bits per heavy atom. The monoisotopic (exact) mass is 376 g/mol. The largest absolute Gasteiger partial charge is 0.463 e. The number of pyridine rings is 1. The molecule has 26 heavy (non-hydrogen) atoms. The standard InChI is InChI=1S/C18H14ClFN2O4/c1-2-25-18(24)15(10-3-4-14(20)13(19)9-10)26-17(23)12-6-8-22-16-11(12)5-7-21-16/h3-9,15H,2H2,1H3,(H,21,22). The first-order valence-electron chi connectivity index (χ1n) is 7.76. The molecule has 0 aliphatic carbocycles. The lowest BCUT2D eigenvalue weighted by Gasteiger charge is -2.17. The quantitative estimate of drug-likeness (QED) is 0.685. The van der Waals surface area contributed by atoms with E-state index in [-0.39, 0.29) is 22.8 Å². The topological polar surface area (TPSA) is 81.3 Å². The summed E-state index contributed by atoms with van der Waals surface area (Å²) < 4.78 is 23.8. The van der Waals surface area contributed by atoms with Crippen LogP contribution in [0.25, 0.3) is 11.0 Å². The van der Waals surface area contributed by atoms with Crippen LogP contribution in [0.1, 0.15) is 28.9 Å². The predicted octanol–water partition coefficient (Wildman–Crippen LogP) is 3.82. The fraction of sp³-hybridized carbons (Fsp3) is 0.167. The second-order valence-electron chi connectivity index (χ2n) is 5.31. The van der Waals surface area contributed by atoms with Gasteiger partial charge >= 0.3 is 11.9 Å². The molecule has 0 radical (unpaired) electrons. The summed E-state index contributed by atoms with van der Waals surface area (Å²) in [6.45, 7) is 1.72. The molecule has 0 aliphatic heterocycles. The number of nitrogens with zero attached hydrogens (tertiary/aromatic N) is 1. The molecule has 2 heterocycles. The summed E-state index contributed by atoms with van der Waals surface area (Å²) >= 11 is 5.78. The molecule has 1 N–H and O–H groups in total. The van der Waals surface area contributed by atoms with Gasteiger partial charge in [0.15, 0.2) is 0 Å². The van der Waals surface area contributed by atoms with E-state index in [1.807, 2.05) is 0 Å². The van der Waals surface area contributed by atoms with Crippen LogP contribution < -0.4 is 0 Å². The Balaban J connectivity index is 1.94. The smallest absolute Gasteiger partial charge is 0.352 e. The molecule has 1 atom stereocenters. The summed E-state index contributed by atoms with van der Waals surface area (Å²) in [4.78, 5) is 31.9. The molecule has 0 spiro atoms. The Morgan fingerprint density at radius 1 is 1.31 bits per heavy atom. The Bertz CT molecular complexity index is 973. The molecular weight excluding hydrogens is 363 g/mol. The molecule has 1 unspecified atom stereocenters. The van der Waals surface area contributed by atoms with Gasteiger partial charge in [0.05, 0.1) is 17.2 Å². The zero-order valence-electron chi connectivity index (χ0n) is 13.7. The molecule has 0 aliphatic rings. The maximum Gasteiger partial charge on any atom is 0.352 e. The van der Waals surface area contributed by atoms with Gasteiger partial charge in [-0.05, 0) is 31.2 Å². The molecule has 3 aromatic rings. The van der Waals surface area contributed by atoms with E-state index in [9.17, 15) is 14.0 Å². The summed E-state index contributed by atoms with van der Waals surface area (Å²) in [7, 11) is 0. The lowest BCUT2D eigenvalue weighted by atomic mass is 10.1. The van der Waals surface area contributed by atoms with Crippen LogP contribution >= 0.6 is 11.6 Å². The van der Waals surface area contributed by atoms with E-state index in [4.69, 9.17) is 21.1 Å². The van der Waals surface area contributed by atoms with Gasteiger partial charge in [-0.2, -0.15) is 0 Å². The summed E-state index contributed by atoms with van der Waals surface area (Å²) in [6, 6.07) is 6.79. The minimum atomic E-state index is -1.37. The molecule has 0 bridgehead atoms. The third-order valence-electron chi connectivity index (χ3n) is 3.65. The number of ether oxygens (including phenoxy) is 2. The Kier molecular flexibility index (Phi) is 5.18. The maximum atomic E-state index is 13.4. The highest BCUT2D eigenvalue weighted by atomic mass is 35.5. The number of hydrogen-bond acceptors (Lipinski definition) is 5. The van der Waals surface area contributed by atoms with Crippen molar-refractivity contribution in [2.24, 2.45) is 0 Å². The van der Waals surface area contributed by atoms with Crippen molar-refractivity contribution in [1.82, 2.24) is 9.97 Å². The highest BCUT2D eigenvalue weighted by molar-refractivity contribution is 6.30. The van der Waals surface area contributed by atoms with E-state index in [2.05, 4.69) is 9.97 Å². The van der Waals surface area contributed by atoms with Gasteiger partial charge in [0.1, 0.15) is 11.5 Å². The normalized spacial score (nSPS) is 12.0. The third kappa shape index (κ3) is 3.52. The lowest BCUT2D eigenvalue weighted by molar-refractivity contribution is -0.153. The number of nitrogens with one attached hydrogen (secondary N) is 1. The number of carbonyl (C=O) groups is 2. The number of esters is 2. The fourth-order valence-corrected chi connectivity index (χ4v) is 2.64. The highest BCUT2D eigenvalue weighted by Crippen LogP contribution is 2.26.